The molecular weight excluding hydrogens is 236 g/mol. The molecule has 1 aliphatic carbocycles. The van der Waals surface area contributed by atoms with Crippen molar-refractivity contribution < 1.29 is 0 Å². The second kappa shape index (κ2) is 7.67. The van der Waals surface area contributed by atoms with Crippen molar-refractivity contribution in [3.05, 3.63) is 29.8 Å². The Kier molecular flexibility index (Phi) is 6.98. The van der Waals surface area contributed by atoms with E-state index in [1.165, 1.54) is 18.4 Å². The zero-order valence-corrected chi connectivity index (χ0v) is 10.2. The first kappa shape index (κ1) is 17.3. The van der Waals surface area contributed by atoms with Crippen molar-refractivity contribution in [3.63, 3.8) is 0 Å². The molecule has 0 aromatic heterocycles. The molecule has 4 nitrogen and oxygen atoms in total. The van der Waals surface area contributed by atoms with Gasteiger partial charge < -0.3 is 16.8 Å². The van der Waals surface area contributed by atoms with Gasteiger partial charge in [0.05, 0.1) is 6.04 Å². The van der Waals surface area contributed by atoms with E-state index in [-0.39, 0.29) is 26.9 Å². The smallest absolute Gasteiger partial charge is 0.186 e. The van der Waals surface area contributed by atoms with E-state index in [2.05, 4.69) is 34.6 Å². The summed E-state index contributed by atoms with van der Waals surface area (Å²) in [5.41, 5.74) is 13.4. The highest BCUT2D eigenvalue weighted by Gasteiger charge is 2.28. The second-order valence-electron chi connectivity index (χ2n) is 4.53. The molecule has 1 saturated carbocycles. The zero-order chi connectivity index (χ0) is 12.3. The van der Waals surface area contributed by atoms with Crippen molar-refractivity contribution in [2.45, 2.75) is 46.1 Å². The number of benzene rings is 1. The van der Waals surface area contributed by atoms with E-state index >= 15 is 0 Å². The van der Waals surface area contributed by atoms with Gasteiger partial charge in [-0.2, -0.15) is 0 Å². The van der Waals surface area contributed by atoms with Gasteiger partial charge in [0.2, 0.25) is 0 Å². The van der Waals surface area contributed by atoms with E-state index in [9.17, 15) is 0 Å². The summed E-state index contributed by atoms with van der Waals surface area (Å²) in [5.74, 6) is 0.664. The predicted molar refractivity (Wildman–Crippen MR) is 85.6 cm³/mol. The molecule has 0 spiro atoms. The Balaban J connectivity index is 0.00000162. The molecule has 0 amide bonds. The Morgan fingerprint density at radius 2 is 1.79 bits per heavy atom. The molecular formula is C15H28N4. The highest BCUT2D eigenvalue weighted by atomic mass is 15.0. The molecule has 1 aromatic carbocycles. The monoisotopic (exact) mass is 264 g/mol. The number of guanidine groups is 1. The number of nitrogens with zero attached hydrogens (tertiary/aromatic N) is 1. The Bertz CT molecular complexity index is 393. The SMILES string of the molecule is C.C.CNc1ccc(C2CCCC2N=C(N)N)cc1. The lowest BCUT2D eigenvalue weighted by molar-refractivity contribution is 0.614. The maximum Gasteiger partial charge on any atom is 0.186 e. The third-order valence-electron chi connectivity index (χ3n) is 3.42. The fourth-order valence-corrected chi connectivity index (χ4v) is 2.57. The third kappa shape index (κ3) is 4.16. The number of nitrogens with two attached hydrogens (primary N) is 2. The van der Waals surface area contributed by atoms with Crippen molar-refractivity contribution in [1.29, 1.82) is 0 Å². The quantitative estimate of drug-likeness (QED) is 0.580. The van der Waals surface area contributed by atoms with Crippen LogP contribution in [0.5, 0.6) is 0 Å². The van der Waals surface area contributed by atoms with E-state index < -0.39 is 0 Å². The summed E-state index contributed by atoms with van der Waals surface area (Å²) >= 11 is 0. The van der Waals surface area contributed by atoms with Gasteiger partial charge >= 0.3 is 0 Å². The van der Waals surface area contributed by atoms with Crippen molar-refractivity contribution in [3.8, 4) is 0 Å². The first-order chi connectivity index (χ1) is 8.20. The number of aliphatic imine (C=N–C) groups is 1. The number of hydrogen-bond acceptors (Lipinski definition) is 2. The summed E-state index contributed by atoms with van der Waals surface area (Å²) in [6, 6.07) is 8.77. The molecule has 2 atom stereocenters. The van der Waals surface area contributed by atoms with Crippen molar-refractivity contribution in [1.82, 2.24) is 0 Å². The number of anilines is 1. The fourth-order valence-electron chi connectivity index (χ4n) is 2.57. The first-order valence-electron chi connectivity index (χ1n) is 6.07. The standard InChI is InChI=1S/C13H20N4.2CH4/c1-16-10-7-5-9(6-8-10)11-3-2-4-12(11)17-13(14)15;;/h5-8,11-12,16H,2-4H2,1H3,(H4,14,15,17);2*1H4. The molecule has 108 valence electrons. The maximum atomic E-state index is 5.48. The van der Waals surface area contributed by atoms with Gasteiger partial charge in [-0.1, -0.05) is 33.4 Å². The van der Waals surface area contributed by atoms with E-state index in [0.717, 1.165) is 12.1 Å². The Morgan fingerprint density at radius 1 is 1.16 bits per heavy atom. The molecule has 0 heterocycles. The first-order valence-corrected chi connectivity index (χ1v) is 6.07. The van der Waals surface area contributed by atoms with Crippen LogP contribution in [0.25, 0.3) is 0 Å². The lowest BCUT2D eigenvalue weighted by atomic mass is 9.94. The molecule has 1 fully saturated rings. The Labute approximate surface area is 117 Å². The molecule has 5 N–H and O–H groups in total. The van der Waals surface area contributed by atoms with Gasteiger partial charge in [-0.15, -0.1) is 0 Å². The predicted octanol–water partition coefficient (Wildman–Crippen LogP) is 2.91. The number of rotatable bonds is 3. The van der Waals surface area contributed by atoms with Crippen LogP contribution in [-0.2, 0) is 0 Å². The minimum atomic E-state index is 0. The molecule has 2 rings (SSSR count). The van der Waals surface area contributed by atoms with Crippen LogP contribution in [0.4, 0.5) is 5.69 Å². The zero-order valence-electron chi connectivity index (χ0n) is 10.2. The number of nitrogens with one attached hydrogen (secondary N) is 1. The Morgan fingerprint density at radius 3 is 2.32 bits per heavy atom. The van der Waals surface area contributed by atoms with E-state index in [1.807, 2.05) is 7.05 Å². The normalized spacial score (nSPS) is 20.9. The van der Waals surface area contributed by atoms with Crippen LogP contribution in [-0.4, -0.2) is 19.0 Å². The van der Waals surface area contributed by atoms with Crippen molar-refractivity contribution in [2.24, 2.45) is 16.5 Å². The molecule has 2 unspecified atom stereocenters. The van der Waals surface area contributed by atoms with Crippen LogP contribution in [0.2, 0.25) is 0 Å². The lowest BCUT2D eigenvalue weighted by Crippen LogP contribution is -2.26. The van der Waals surface area contributed by atoms with Crippen LogP contribution >= 0.6 is 0 Å². The largest absolute Gasteiger partial charge is 0.388 e. The van der Waals surface area contributed by atoms with Gasteiger partial charge in [0.25, 0.3) is 0 Å². The van der Waals surface area contributed by atoms with E-state index in [1.54, 1.807) is 0 Å². The Hall–Kier alpha value is -1.71. The third-order valence-corrected chi connectivity index (χ3v) is 3.42. The van der Waals surface area contributed by atoms with Gasteiger partial charge in [-0.3, -0.25) is 0 Å². The highest BCUT2D eigenvalue weighted by Crippen LogP contribution is 2.36. The van der Waals surface area contributed by atoms with Crippen LogP contribution in [0, 0.1) is 0 Å². The molecule has 19 heavy (non-hydrogen) atoms. The lowest BCUT2D eigenvalue weighted by Gasteiger charge is -2.17. The average molecular weight is 264 g/mol. The van der Waals surface area contributed by atoms with Crippen molar-refractivity contribution in [2.75, 3.05) is 12.4 Å². The molecule has 0 radical (unpaired) electrons. The molecule has 0 saturated heterocycles. The van der Waals surface area contributed by atoms with E-state index in [0.29, 0.717) is 5.92 Å². The van der Waals surface area contributed by atoms with Crippen LogP contribution in [0.1, 0.15) is 45.6 Å². The molecule has 0 aliphatic heterocycles. The minimum absolute atomic E-state index is 0. The van der Waals surface area contributed by atoms with Gasteiger partial charge in [0.15, 0.2) is 5.96 Å². The molecule has 1 aliphatic rings. The fraction of sp³-hybridized carbons (Fsp3) is 0.533. The van der Waals surface area contributed by atoms with Gasteiger partial charge in [-0.05, 0) is 30.5 Å². The molecule has 1 aromatic rings. The minimum Gasteiger partial charge on any atom is -0.388 e. The average Bonchev–Trinajstić information content (AvgIpc) is 2.76. The van der Waals surface area contributed by atoms with Gasteiger partial charge in [-0.25, -0.2) is 4.99 Å². The van der Waals surface area contributed by atoms with Gasteiger partial charge in [0.1, 0.15) is 0 Å². The van der Waals surface area contributed by atoms with Crippen molar-refractivity contribution >= 4 is 11.6 Å². The summed E-state index contributed by atoms with van der Waals surface area (Å²) in [6.45, 7) is 0. The number of hydrogen-bond donors (Lipinski definition) is 3. The summed E-state index contributed by atoms with van der Waals surface area (Å²) in [6.07, 6.45) is 3.44. The summed E-state index contributed by atoms with van der Waals surface area (Å²) in [5, 5.41) is 3.12. The maximum absolute atomic E-state index is 5.48. The summed E-state index contributed by atoms with van der Waals surface area (Å²) in [4.78, 5) is 4.33. The van der Waals surface area contributed by atoms with Crippen LogP contribution < -0.4 is 16.8 Å². The van der Waals surface area contributed by atoms with Gasteiger partial charge in [0, 0.05) is 18.7 Å². The van der Waals surface area contributed by atoms with Crippen LogP contribution in [0.15, 0.2) is 29.3 Å². The summed E-state index contributed by atoms with van der Waals surface area (Å²) < 4.78 is 0. The topological polar surface area (TPSA) is 76.4 Å². The second-order valence-corrected chi connectivity index (χ2v) is 4.53. The summed E-state index contributed by atoms with van der Waals surface area (Å²) in [7, 11) is 1.92. The van der Waals surface area contributed by atoms with Crippen LogP contribution in [0.3, 0.4) is 0 Å². The molecule has 0 bridgehead atoms. The highest BCUT2D eigenvalue weighted by molar-refractivity contribution is 5.76. The molecule has 4 heteroatoms. The van der Waals surface area contributed by atoms with E-state index in [4.69, 9.17) is 11.5 Å².